The van der Waals surface area contributed by atoms with Gasteiger partial charge in [-0.25, -0.2) is 4.90 Å². The van der Waals surface area contributed by atoms with Crippen LogP contribution in [0, 0.1) is 27.8 Å². The number of hydrogen-bond acceptors (Lipinski definition) is 4. The van der Waals surface area contributed by atoms with Crippen LogP contribution < -0.4 is 4.90 Å². The summed E-state index contributed by atoms with van der Waals surface area (Å²) in [5.41, 5.74) is -0.700. The second kappa shape index (κ2) is 4.76. The van der Waals surface area contributed by atoms with Gasteiger partial charge in [0.05, 0.1) is 22.4 Å². The molecule has 2 atom stereocenters. The van der Waals surface area contributed by atoms with Gasteiger partial charge in [0.25, 0.3) is 0 Å². The highest BCUT2D eigenvalue weighted by Gasteiger charge is 2.48. The van der Waals surface area contributed by atoms with Crippen LogP contribution in [-0.4, -0.2) is 16.7 Å². The number of nitro benzene ring substituents is 1. The lowest BCUT2D eigenvalue weighted by Gasteiger charge is -2.14. The summed E-state index contributed by atoms with van der Waals surface area (Å²) in [5.74, 6) is -2.61. The molecule has 2 aliphatic rings. The van der Waals surface area contributed by atoms with Crippen LogP contribution in [0.4, 0.5) is 15.8 Å². The highest BCUT2D eigenvalue weighted by Crippen LogP contribution is 2.38. The smallest absolute Gasteiger partial charge is 0.274 e. The normalized spacial score (nSPS) is 24.3. The molecule has 1 aromatic rings. The van der Waals surface area contributed by atoms with Crippen molar-refractivity contribution in [3.8, 4) is 0 Å². The van der Waals surface area contributed by atoms with E-state index in [1.165, 1.54) is 6.07 Å². The lowest BCUT2D eigenvalue weighted by Crippen LogP contribution is -2.30. The van der Waals surface area contributed by atoms with Gasteiger partial charge >= 0.3 is 5.69 Å². The molecule has 1 aromatic carbocycles. The molecule has 1 aliphatic carbocycles. The highest BCUT2D eigenvalue weighted by molar-refractivity contribution is 6.22. The van der Waals surface area contributed by atoms with E-state index in [1.54, 1.807) is 0 Å². The van der Waals surface area contributed by atoms with E-state index in [9.17, 15) is 24.1 Å². The van der Waals surface area contributed by atoms with E-state index in [2.05, 4.69) is 0 Å². The number of amides is 2. The summed E-state index contributed by atoms with van der Waals surface area (Å²) < 4.78 is 13.4. The topological polar surface area (TPSA) is 80.5 Å². The molecule has 1 aliphatic heterocycles. The average Bonchev–Trinajstić information content (AvgIpc) is 2.72. The molecule has 6 nitrogen and oxygen atoms in total. The van der Waals surface area contributed by atoms with E-state index >= 15 is 0 Å². The zero-order chi connectivity index (χ0) is 15.1. The van der Waals surface area contributed by atoms with Crippen LogP contribution in [-0.2, 0) is 9.59 Å². The molecule has 0 radical (unpaired) electrons. The monoisotopic (exact) mass is 290 g/mol. The molecule has 0 aromatic heterocycles. The van der Waals surface area contributed by atoms with Gasteiger partial charge in [-0.1, -0.05) is 12.2 Å². The van der Waals surface area contributed by atoms with E-state index in [0.717, 1.165) is 17.0 Å². The van der Waals surface area contributed by atoms with Gasteiger partial charge in [-0.15, -0.1) is 0 Å². The van der Waals surface area contributed by atoms with E-state index in [0.29, 0.717) is 12.8 Å². The quantitative estimate of drug-likeness (QED) is 0.362. The van der Waals surface area contributed by atoms with Gasteiger partial charge in [0.1, 0.15) is 0 Å². The Balaban J connectivity index is 2.01. The maximum absolute atomic E-state index is 13.4. The van der Waals surface area contributed by atoms with Crippen LogP contribution in [0.25, 0.3) is 0 Å². The average molecular weight is 290 g/mol. The Morgan fingerprint density at radius 3 is 2.24 bits per heavy atom. The number of rotatable bonds is 2. The van der Waals surface area contributed by atoms with Crippen molar-refractivity contribution in [3.63, 3.8) is 0 Å². The second-order valence-corrected chi connectivity index (χ2v) is 5.06. The zero-order valence-electron chi connectivity index (χ0n) is 10.9. The molecule has 1 fully saturated rings. The Labute approximate surface area is 119 Å². The Bertz CT molecular complexity index is 660. The minimum absolute atomic E-state index is 0.0486. The number of nitro groups is 1. The molecule has 0 unspecified atom stereocenters. The maximum Gasteiger partial charge on any atom is 0.306 e. The molecular weight excluding hydrogens is 279 g/mol. The third kappa shape index (κ3) is 2.01. The standard InChI is InChI=1S/C14H11FN2O4/c15-11-6-5-8(7-12(11)17(20)21)16-13(18)9-3-1-2-4-10(9)14(16)19/h1-2,5-7,9-10H,3-4H2/t9-,10-/m0/s1. The lowest BCUT2D eigenvalue weighted by atomic mass is 9.85. The van der Waals surface area contributed by atoms with Gasteiger partial charge in [-0.2, -0.15) is 4.39 Å². The first-order chi connectivity index (χ1) is 10.0. The van der Waals surface area contributed by atoms with Crippen molar-refractivity contribution in [1.29, 1.82) is 0 Å². The fourth-order valence-electron chi connectivity index (χ4n) is 2.83. The van der Waals surface area contributed by atoms with Crippen molar-refractivity contribution in [2.24, 2.45) is 11.8 Å². The minimum atomic E-state index is -0.998. The molecule has 0 N–H and O–H groups in total. The van der Waals surface area contributed by atoms with Crippen molar-refractivity contribution in [2.45, 2.75) is 12.8 Å². The first-order valence-electron chi connectivity index (χ1n) is 6.47. The molecule has 1 saturated heterocycles. The summed E-state index contributed by atoms with van der Waals surface area (Å²) in [4.78, 5) is 35.5. The van der Waals surface area contributed by atoms with Gasteiger partial charge in [0, 0.05) is 6.07 Å². The van der Waals surface area contributed by atoms with Gasteiger partial charge in [-0.3, -0.25) is 19.7 Å². The van der Waals surface area contributed by atoms with Crippen LogP contribution in [0.3, 0.4) is 0 Å². The Hall–Kier alpha value is -2.57. The molecule has 108 valence electrons. The highest BCUT2D eigenvalue weighted by atomic mass is 19.1. The number of carbonyl (C=O) groups excluding carboxylic acids is 2. The van der Waals surface area contributed by atoms with Crippen molar-refractivity contribution in [1.82, 2.24) is 0 Å². The number of benzene rings is 1. The summed E-state index contributed by atoms with van der Waals surface area (Å²) in [6.07, 6.45) is 4.66. The van der Waals surface area contributed by atoms with E-state index in [4.69, 9.17) is 0 Å². The fraction of sp³-hybridized carbons (Fsp3) is 0.286. The van der Waals surface area contributed by atoms with Crippen LogP contribution in [0.15, 0.2) is 30.4 Å². The second-order valence-electron chi connectivity index (χ2n) is 5.06. The zero-order valence-corrected chi connectivity index (χ0v) is 10.9. The number of carbonyl (C=O) groups is 2. The van der Waals surface area contributed by atoms with Crippen molar-refractivity contribution < 1.29 is 18.9 Å². The van der Waals surface area contributed by atoms with E-state index < -0.39 is 28.3 Å². The third-order valence-electron chi connectivity index (χ3n) is 3.89. The molecule has 0 bridgehead atoms. The molecular formula is C14H11FN2O4. The third-order valence-corrected chi connectivity index (χ3v) is 3.89. The lowest BCUT2D eigenvalue weighted by molar-refractivity contribution is -0.387. The van der Waals surface area contributed by atoms with Gasteiger partial charge in [-0.05, 0) is 25.0 Å². The largest absolute Gasteiger partial charge is 0.306 e. The predicted octanol–water partition coefficient (Wildman–Crippen LogP) is 2.19. The maximum atomic E-state index is 13.4. The first kappa shape index (κ1) is 13.4. The minimum Gasteiger partial charge on any atom is -0.274 e. The fourth-order valence-corrected chi connectivity index (χ4v) is 2.83. The molecule has 0 spiro atoms. The summed E-state index contributed by atoms with van der Waals surface area (Å²) in [6, 6.07) is 3.03. The summed E-state index contributed by atoms with van der Waals surface area (Å²) in [7, 11) is 0. The van der Waals surface area contributed by atoms with Crippen molar-refractivity contribution in [2.75, 3.05) is 4.90 Å². The first-order valence-corrected chi connectivity index (χ1v) is 6.47. The Morgan fingerprint density at radius 1 is 1.14 bits per heavy atom. The number of anilines is 1. The number of allylic oxidation sites excluding steroid dienone is 2. The Kier molecular flexibility index (Phi) is 3.04. The van der Waals surface area contributed by atoms with E-state index in [1.807, 2.05) is 12.2 Å². The van der Waals surface area contributed by atoms with Crippen LogP contribution in [0.1, 0.15) is 12.8 Å². The van der Waals surface area contributed by atoms with E-state index in [-0.39, 0.29) is 17.5 Å². The number of nitrogens with zero attached hydrogens (tertiary/aromatic N) is 2. The van der Waals surface area contributed by atoms with Crippen LogP contribution in [0.2, 0.25) is 0 Å². The van der Waals surface area contributed by atoms with Gasteiger partial charge < -0.3 is 0 Å². The number of fused-ring (bicyclic) bond motifs is 1. The summed E-state index contributed by atoms with van der Waals surface area (Å²) in [5, 5.41) is 10.8. The molecule has 21 heavy (non-hydrogen) atoms. The van der Waals surface area contributed by atoms with Crippen molar-refractivity contribution in [3.05, 3.63) is 46.3 Å². The molecule has 2 amide bonds. The SMILES string of the molecule is O=C1[C@H]2CC=CC[C@@H]2C(=O)N1c1ccc(F)c([N+](=O)[O-])c1. The summed E-state index contributed by atoms with van der Waals surface area (Å²) >= 11 is 0. The molecule has 1 heterocycles. The number of hydrogen-bond donors (Lipinski definition) is 0. The summed E-state index contributed by atoms with van der Waals surface area (Å²) in [6.45, 7) is 0. The number of imide groups is 1. The molecule has 3 rings (SSSR count). The van der Waals surface area contributed by atoms with Gasteiger partial charge in [0.2, 0.25) is 17.6 Å². The van der Waals surface area contributed by atoms with Gasteiger partial charge in [0.15, 0.2) is 0 Å². The molecule has 7 heteroatoms. The van der Waals surface area contributed by atoms with Crippen molar-refractivity contribution >= 4 is 23.2 Å². The Morgan fingerprint density at radius 2 is 1.71 bits per heavy atom. The number of halogens is 1. The molecule has 0 saturated carbocycles. The van der Waals surface area contributed by atoms with Crippen LogP contribution >= 0.6 is 0 Å². The van der Waals surface area contributed by atoms with Crippen LogP contribution in [0.5, 0.6) is 0 Å². The predicted molar refractivity (Wildman–Crippen MR) is 70.9 cm³/mol.